The number of carbonyl (C=O) groups excluding carboxylic acids is 2. The van der Waals surface area contributed by atoms with Crippen molar-refractivity contribution in [1.82, 2.24) is 0 Å². The van der Waals surface area contributed by atoms with Gasteiger partial charge >= 0.3 is 0 Å². The summed E-state index contributed by atoms with van der Waals surface area (Å²) in [4.78, 5) is 27.2. The largest absolute Gasteiger partial charge is 0.507 e. The van der Waals surface area contributed by atoms with Crippen LogP contribution >= 0.6 is 0 Å². The number of rotatable bonds is 4. The van der Waals surface area contributed by atoms with Crippen LogP contribution in [0.25, 0.3) is 0 Å². The highest BCUT2D eigenvalue weighted by atomic mass is 16.3. The van der Waals surface area contributed by atoms with Crippen LogP contribution in [-0.2, 0) is 25.7 Å². The highest BCUT2D eigenvalue weighted by Gasteiger charge is 2.23. The van der Waals surface area contributed by atoms with E-state index in [0.717, 1.165) is 0 Å². The number of hydrogen-bond acceptors (Lipinski definition) is 6. The first-order valence-electron chi connectivity index (χ1n) is 15.7. The van der Waals surface area contributed by atoms with Crippen molar-refractivity contribution in [3.05, 3.63) is 188 Å². The van der Waals surface area contributed by atoms with Crippen LogP contribution in [0.1, 0.15) is 76.4 Å². The number of hydrogen-bond donors (Lipinski definition) is 4. The van der Waals surface area contributed by atoms with Crippen molar-refractivity contribution in [1.29, 1.82) is 0 Å². The molecule has 6 heteroatoms. The summed E-state index contributed by atoms with van der Waals surface area (Å²) in [5, 5.41) is 46.2. The molecule has 0 saturated carbocycles. The predicted molar refractivity (Wildman–Crippen MR) is 183 cm³/mol. The second-order valence-electron chi connectivity index (χ2n) is 12.2. The van der Waals surface area contributed by atoms with Crippen LogP contribution < -0.4 is 0 Å². The summed E-state index contributed by atoms with van der Waals surface area (Å²) in [6, 6.07) is 35.0. The predicted octanol–water partition coefficient (Wildman–Crippen LogP) is 7.65. The minimum atomic E-state index is -0.210. The second-order valence-corrected chi connectivity index (χ2v) is 12.2. The van der Waals surface area contributed by atoms with E-state index in [0.29, 0.717) is 66.8 Å². The fourth-order valence-corrected chi connectivity index (χ4v) is 6.51. The Kier molecular flexibility index (Phi) is 7.99. The quantitative estimate of drug-likeness (QED) is 0.148. The summed E-state index contributed by atoms with van der Waals surface area (Å²) >= 11 is 0. The van der Waals surface area contributed by atoms with Crippen molar-refractivity contribution < 1.29 is 30.0 Å². The van der Waals surface area contributed by atoms with E-state index in [1.807, 2.05) is 12.1 Å². The molecule has 0 unspecified atom stereocenters. The zero-order valence-electron chi connectivity index (χ0n) is 26.0. The number of ketones is 2. The van der Waals surface area contributed by atoms with E-state index in [9.17, 15) is 30.0 Å². The van der Waals surface area contributed by atoms with Gasteiger partial charge in [0.05, 0.1) is 0 Å². The Bertz CT molecular complexity index is 1950. The van der Waals surface area contributed by atoms with Crippen molar-refractivity contribution in [3.8, 4) is 23.0 Å². The number of phenolic OH excluding ortho intramolecular Hbond substituents is 4. The Balaban J connectivity index is 1.41. The molecule has 6 aromatic carbocycles. The normalized spacial score (nSPS) is 12.3. The average Bonchev–Trinajstić information content (AvgIpc) is 3.11. The number of para-hydroxylation sites is 2. The van der Waals surface area contributed by atoms with Gasteiger partial charge in [-0.2, -0.15) is 0 Å². The number of benzene rings is 6. The zero-order chi connectivity index (χ0) is 33.4. The molecule has 0 atom stereocenters. The van der Waals surface area contributed by atoms with Gasteiger partial charge in [0.2, 0.25) is 0 Å². The molecule has 1 aliphatic rings. The van der Waals surface area contributed by atoms with Crippen LogP contribution in [0.3, 0.4) is 0 Å². The molecule has 8 bridgehead atoms. The van der Waals surface area contributed by atoms with Crippen LogP contribution in [0.4, 0.5) is 0 Å². The maximum absolute atomic E-state index is 13.6. The molecule has 0 heterocycles. The Hall–Kier alpha value is -6.14. The SMILES string of the molecule is O=C(c1ccccc1)c1cc2c(O)c(c1)Cc1cccc(c1O)Cc1cc(C(=O)c3ccccc3)cc(c1O)Cc1cccc(c1O)C2. The first-order chi connectivity index (χ1) is 23.3. The second kappa shape index (κ2) is 12.6. The Morgan fingerprint density at radius 2 is 0.604 bits per heavy atom. The lowest BCUT2D eigenvalue weighted by molar-refractivity contribution is 0.103. The number of aromatic hydroxyl groups is 4. The third kappa shape index (κ3) is 5.80. The number of carbonyl (C=O) groups is 2. The zero-order valence-corrected chi connectivity index (χ0v) is 26.0. The minimum absolute atomic E-state index is 0.00561. The minimum Gasteiger partial charge on any atom is -0.507 e. The van der Waals surface area contributed by atoms with Gasteiger partial charge in [0.1, 0.15) is 23.0 Å². The molecule has 4 N–H and O–H groups in total. The van der Waals surface area contributed by atoms with Crippen LogP contribution in [0.15, 0.2) is 121 Å². The van der Waals surface area contributed by atoms with Gasteiger partial charge < -0.3 is 20.4 Å². The summed E-state index contributed by atoms with van der Waals surface area (Å²) in [5.41, 5.74) is 5.63. The van der Waals surface area contributed by atoms with Gasteiger partial charge in [0.25, 0.3) is 0 Å². The number of phenols is 4. The standard InChI is InChI=1S/C42H32O6/c43-37(25-9-3-1-4-10-25)35-21-31-17-27-13-7-15-29(39(27)45)19-33-23-36(38(44)26-11-5-2-6-12-26)24-34(42(33)48)20-30-16-8-14-28(40(30)46)18-32(22-35)41(31)47/h1-16,21-24,45-48H,17-20H2. The molecule has 0 spiro atoms. The van der Waals surface area contributed by atoms with Crippen molar-refractivity contribution in [2.24, 2.45) is 0 Å². The molecule has 6 nitrogen and oxygen atoms in total. The Labute approximate surface area is 277 Å². The lowest BCUT2D eigenvalue weighted by Crippen LogP contribution is -2.07. The van der Waals surface area contributed by atoms with Crippen LogP contribution in [0.2, 0.25) is 0 Å². The Morgan fingerprint density at radius 1 is 0.333 bits per heavy atom. The molecule has 48 heavy (non-hydrogen) atoms. The molecule has 7 rings (SSSR count). The summed E-state index contributed by atoms with van der Waals surface area (Å²) in [7, 11) is 0. The summed E-state index contributed by atoms with van der Waals surface area (Å²) in [6.07, 6.45) is 0.461. The van der Waals surface area contributed by atoms with E-state index in [-0.39, 0.29) is 60.2 Å². The third-order valence-corrected chi connectivity index (χ3v) is 9.06. The summed E-state index contributed by atoms with van der Waals surface area (Å²) in [5.74, 6) is -0.471. The molecule has 1 aliphatic carbocycles. The van der Waals surface area contributed by atoms with Gasteiger partial charge in [-0.05, 0) is 68.8 Å². The maximum atomic E-state index is 13.6. The van der Waals surface area contributed by atoms with Crippen molar-refractivity contribution in [2.75, 3.05) is 0 Å². The molecule has 236 valence electrons. The van der Waals surface area contributed by atoms with Crippen molar-refractivity contribution >= 4 is 11.6 Å². The lowest BCUT2D eigenvalue weighted by atomic mass is 9.88. The lowest BCUT2D eigenvalue weighted by Gasteiger charge is -2.18. The summed E-state index contributed by atoms with van der Waals surface area (Å²) < 4.78 is 0. The highest BCUT2D eigenvalue weighted by Crippen LogP contribution is 2.38. The monoisotopic (exact) mass is 632 g/mol. The smallest absolute Gasteiger partial charge is 0.193 e. The van der Waals surface area contributed by atoms with Gasteiger partial charge in [0.15, 0.2) is 11.6 Å². The third-order valence-electron chi connectivity index (χ3n) is 9.06. The van der Waals surface area contributed by atoms with Gasteiger partial charge in [-0.25, -0.2) is 0 Å². The van der Waals surface area contributed by atoms with E-state index >= 15 is 0 Å². The van der Waals surface area contributed by atoms with Crippen molar-refractivity contribution in [3.63, 3.8) is 0 Å². The highest BCUT2D eigenvalue weighted by molar-refractivity contribution is 6.10. The van der Waals surface area contributed by atoms with Gasteiger partial charge in [-0.1, -0.05) is 97.1 Å². The van der Waals surface area contributed by atoms with Gasteiger partial charge in [-0.15, -0.1) is 0 Å². The molecular formula is C42H32O6. The van der Waals surface area contributed by atoms with Crippen LogP contribution in [0, 0.1) is 0 Å². The molecule has 6 aromatic rings. The molecule has 0 saturated heterocycles. The Morgan fingerprint density at radius 3 is 0.896 bits per heavy atom. The van der Waals surface area contributed by atoms with Gasteiger partial charge in [-0.3, -0.25) is 9.59 Å². The van der Waals surface area contributed by atoms with E-state index in [4.69, 9.17) is 0 Å². The van der Waals surface area contributed by atoms with Crippen LogP contribution in [-0.4, -0.2) is 32.0 Å². The topological polar surface area (TPSA) is 115 Å². The first-order valence-corrected chi connectivity index (χ1v) is 15.7. The molecule has 0 aliphatic heterocycles. The molecule has 0 amide bonds. The van der Waals surface area contributed by atoms with Crippen LogP contribution in [0.5, 0.6) is 23.0 Å². The van der Waals surface area contributed by atoms with E-state index in [2.05, 4.69) is 0 Å². The first kappa shape index (κ1) is 30.5. The maximum Gasteiger partial charge on any atom is 0.193 e. The fourth-order valence-electron chi connectivity index (χ4n) is 6.51. The van der Waals surface area contributed by atoms with E-state index in [1.54, 1.807) is 109 Å². The average molecular weight is 633 g/mol. The molecule has 0 radical (unpaired) electrons. The van der Waals surface area contributed by atoms with E-state index in [1.165, 1.54) is 0 Å². The molecular weight excluding hydrogens is 600 g/mol. The number of fused-ring (bicyclic) bond motifs is 8. The molecule has 0 fully saturated rings. The molecule has 0 aromatic heterocycles. The summed E-state index contributed by atoms with van der Waals surface area (Å²) in [6.45, 7) is 0. The fraction of sp³-hybridized carbons (Fsp3) is 0.0952. The van der Waals surface area contributed by atoms with Gasteiger partial charge in [0, 0.05) is 47.9 Å². The van der Waals surface area contributed by atoms with Crippen molar-refractivity contribution in [2.45, 2.75) is 25.7 Å². The van der Waals surface area contributed by atoms with E-state index < -0.39 is 0 Å².